The summed E-state index contributed by atoms with van der Waals surface area (Å²) in [4.78, 5) is 4.03. The monoisotopic (exact) mass is 374 g/mol. The van der Waals surface area contributed by atoms with Gasteiger partial charge in [0.2, 0.25) is 0 Å². The van der Waals surface area contributed by atoms with Crippen molar-refractivity contribution in [2.45, 2.75) is 10.9 Å². The van der Waals surface area contributed by atoms with Crippen LogP contribution in [-0.4, -0.2) is 33.0 Å². The normalized spacial score (nSPS) is 13.0. The predicted molar refractivity (Wildman–Crippen MR) is 96.2 cm³/mol. The third kappa shape index (κ3) is 3.29. The second kappa shape index (κ2) is 6.93. The molecule has 0 unspecified atom stereocenters. The van der Waals surface area contributed by atoms with Gasteiger partial charge in [0.05, 0.1) is 5.02 Å². The van der Waals surface area contributed by atoms with Crippen LogP contribution in [0.5, 0.6) is 11.5 Å². The molecule has 0 N–H and O–H groups in total. The Bertz CT molecular complexity index is 901. The van der Waals surface area contributed by atoms with Crippen molar-refractivity contribution in [3.8, 4) is 22.9 Å². The van der Waals surface area contributed by atoms with Gasteiger partial charge in [-0.25, -0.2) is 0 Å². The molecule has 0 saturated carbocycles. The Morgan fingerprint density at radius 1 is 1.16 bits per heavy atom. The quantitative estimate of drug-likeness (QED) is 0.650. The molecule has 1 aliphatic heterocycles. The molecule has 0 atom stereocenters. The average Bonchev–Trinajstić information content (AvgIpc) is 3.01. The summed E-state index contributed by atoms with van der Waals surface area (Å²) in [7, 11) is 1.95. The van der Waals surface area contributed by atoms with E-state index in [4.69, 9.17) is 21.1 Å². The molecular formula is C17H15ClN4O2S. The second-order valence-electron chi connectivity index (χ2n) is 5.49. The van der Waals surface area contributed by atoms with E-state index in [1.54, 1.807) is 24.2 Å². The molecule has 25 heavy (non-hydrogen) atoms. The fourth-order valence-electron chi connectivity index (χ4n) is 2.59. The third-order valence-corrected chi connectivity index (χ3v) is 5.17. The van der Waals surface area contributed by atoms with E-state index < -0.39 is 0 Å². The number of aromatic nitrogens is 4. The second-order valence-corrected chi connectivity index (χ2v) is 6.84. The van der Waals surface area contributed by atoms with Gasteiger partial charge >= 0.3 is 0 Å². The molecule has 0 fully saturated rings. The number of hydrogen-bond donors (Lipinski definition) is 0. The Hall–Kier alpha value is -2.25. The van der Waals surface area contributed by atoms with Crippen LogP contribution in [0.2, 0.25) is 5.02 Å². The number of hydrogen-bond acceptors (Lipinski definition) is 6. The first-order valence-corrected chi connectivity index (χ1v) is 9.09. The van der Waals surface area contributed by atoms with E-state index in [1.165, 1.54) is 0 Å². The topological polar surface area (TPSA) is 62.1 Å². The summed E-state index contributed by atoms with van der Waals surface area (Å²) < 4.78 is 13.1. The molecule has 0 saturated heterocycles. The first-order chi connectivity index (χ1) is 12.2. The van der Waals surface area contributed by atoms with Crippen molar-refractivity contribution in [2.75, 3.05) is 13.2 Å². The Balaban J connectivity index is 1.53. The molecule has 2 aromatic heterocycles. The Morgan fingerprint density at radius 2 is 1.96 bits per heavy atom. The van der Waals surface area contributed by atoms with Gasteiger partial charge in [0, 0.05) is 30.8 Å². The summed E-state index contributed by atoms with van der Waals surface area (Å²) in [6, 6.07) is 7.70. The van der Waals surface area contributed by atoms with Crippen molar-refractivity contribution in [3.05, 3.63) is 47.2 Å². The lowest BCUT2D eigenvalue weighted by Crippen LogP contribution is -2.15. The lowest BCUT2D eigenvalue weighted by molar-refractivity contribution is 0.171. The van der Waals surface area contributed by atoms with Crippen LogP contribution in [-0.2, 0) is 12.8 Å². The smallest absolute Gasteiger partial charge is 0.191 e. The number of benzene rings is 1. The fourth-order valence-corrected chi connectivity index (χ4v) is 3.72. The first kappa shape index (κ1) is 16.2. The molecule has 6 nitrogen and oxygen atoms in total. The summed E-state index contributed by atoms with van der Waals surface area (Å²) in [6.45, 7) is 1.07. The average molecular weight is 375 g/mol. The summed E-state index contributed by atoms with van der Waals surface area (Å²) in [5.74, 6) is 2.84. The number of fused-ring (bicyclic) bond motifs is 1. The highest BCUT2D eigenvalue weighted by Gasteiger charge is 2.17. The number of nitrogens with zero attached hydrogens (tertiary/aromatic N) is 4. The van der Waals surface area contributed by atoms with Crippen LogP contribution in [0.3, 0.4) is 0 Å². The lowest BCUT2D eigenvalue weighted by atomic mass is 10.2. The van der Waals surface area contributed by atoms with Crippen LogP contribution >= 0.6 is 23.4 Å². The molecule has 0 aliphatic carbocycles. The molecular weight excluding hydrogens is 360 g/mol. The van der Waals surface area contributed by atoms with Gasteiger partial charge in [-0.3, -0.25) is 4.98 Å². The molecule has 4 rings (SSSR count). The summed E-state index contributed by atoms with van der Waals surface area (Å²) in [5.41, 5.74) is 2.03. The zero-order valence-electron chi connectivity index (χ0n) is 13.5. The van der Waals surface area contributed by atoms with Crippen LogP contribution in [0.1, 0.15) is 5.56 Å². The van der Waals surface area contributed by atoms with E-state index in [9.17, 15) is 0 Å². The van der Waals surface area contributed by atoms with E-state index in [1.807, 2.05) is 35.9 Å². The van der Waals surface area contributed by atoms with Gasteiger partial charge in [-0.05, 0) is 29.8 Å². The summed E-state index contributed by atoms with van der Waals surface area (Å²) in [5, 5.41) is 9.97. The van der Waals surface area contributed by atoms with Crippen molar-refractivity contribution < 1.29 is 9.47 Å². The lowest BCUT2D eigenvalue weighted by Gasteiger charge is -2.20. The van der Waals surface area contributed by atoms with Gasteiger partial charge < -0.3 is 14.0 Å². The van der Waals surface area contributed by atoms with Gasteiger partial charge in [-0.2, -0.15) is 0 Å². The van der Waals surface area contributed by atoms with Crippen LogP contribution in [0.25, 0.3) is 11.4 Å². The van der Waals surface area contributed by atoms with Crippen LogP contribution in [0.15, 0.2) is 41.8 Å². The van der Waals surface area contributed by atoms with Crippen molar-refractivity contribution in [2.24, 2.45) is 7.05 Å². The van der Waals surface area contributed by atoms with Crippen molar-refractivity contribution in [1.29, 1.82) is 0 Å². The van der Waals surface area contributed by atoms with Gasteiger partial charge in [-0.15, -0.1) is 10.2 Å². The van der Waals surface area contributed by atoms with Crippen LogP contribution in [0.4, 0.5) is 0 Å². The zero-order valence-corrected chi connectivity index (χ0v) is 15.0. The van der Waals surface area contributed by atoms with Gasteiger partial charge in [0.1, 0.15) is 13.2 Å². The maximum atomic E-state index is 6.29. The van der Waals surface area contributed by atoms with Gasteiger partial charge in [0.15, 0.2) is 22.5 Å². The largest absolute Gasteiger partial charge is 0.486 e. The molecule has 1 aromatic carbocycles. The van der Waals surface area contributed by atoms with Gasteiger partial charge in [0.25, 0.3) is 0 Å². The molecule has 8 heteroatoms. The van der Waals surface area contributed by atoms with Gasteiger partial charge in [-0.1, -0.05) is 23.4 Å². The Labute approximate surface area is 154 Å². The third-order valence-electron chi connectivity index (χ3n) is 3.80. The maximum Gasteiger partial charge on any atom is 0.191 e. The molecule has 3 heterocycles. The zero-order chi connectivity index (χ0) is 17.2. The highest BCUT2D eigenvalue weighted by molar-refractivity contribution is 7.98. The number of ether oxygens (including phenoxy) is 2. The maximum absolute atomic E-state index is 6.29. The minimum absolute atomic E-state index is 0.525. The minimum Gasteiger partial charge on any atom is -0.486 e. The predicted octanol–water partition coefficient (Wildman–Crippen LogP) is 3.59. The van der Waals surface area contributed by atoms with E-state index in [0.29, 0.717) is 35.5 Å². The van der Waals surface area contributed by atoms with E-state index in [0.717, 1.165) is 22.1 Å². The molecule has 0 amide bonds. The summed E-state index contributed by atoms with van der Waals surface area (Å²) >= 11 is 7.88. The first-order valence-electron chi connectivity index (χ1n) is 7.73. The SMILES string of the molecule is Cn1c(SCc2cc(Cl)c3c(c2)OCCO3)nnc1-c1ccncc1. The highest BCUT2D eigenvalue weighted by atomic mass is 35.5. The molecule has 128 valence electrons. The van der Waals surface area contributed by atoms with E-state index in [2.05, 4.69) is 15.2 Å². The molecule has 1 aliphatic rings. The van der Waals surface area contributed by atoms with E-state index >= 15 is 0 Å². The van der Waals surface area contributed by atoms with Crippen LogP contribution < -0.4 is 9.47 Å². The number of pyridine rings is 1. The summed E-state index contributed by atoms with van der Waals surface area (Å²) in [6.07, 6.45) is 3.49. The Kier molecular flexibility index (Phi) is 4.50. The minimum atomic E-state index is 0.525. The number of halogens is 1. The number of thioether (sulfide) groups is 1. The Morgan fingerprint density at radius 3 is 2.80 bits per heavy atom. The molecule has 0 spiro atoms. The van der Waals surface area contributed by atoms with E-state index in [-0.39, 0.29) is 0 Å². The highest BCUT2D eigenvalue weighted by Crippen LogP contribution is 2.39. The van der Waals surface area contributed by atoms with Crippen LogP contribution in [0, 0.1) is 0 Å². The van der Waals surface area contributed by atoms with Crippen molar-refractivity contribution in [3.63, 3.8) is 0 Å². The van der Waals surface area contributed by atoms with Crippen molar-refractivity contribution >= 4 is 23.4 Å². The standard InChI is InChI=1S/C17H15ClN4O2S/c1-22-16(12-2-4-19-5-3-12)20-21-17(22)25-10-11-8-13(18)15-14(9-11)23-6-7-24-15/h2-5,8-9H,6-7,10H2,1H3. The van der Waals surface area contributed by atoms with Crippen molar-refractivity contribution in [1.82, 2.24) is 19.7 Å². The molecule has 3 aromatic rings. The molecule has 0 bridgehead atoms. The molecule has 0 radical (unpaired) electrons. The number of rotatable bonds is 4. The fraction of sp³-hybridized carbons (Fsp3) is 0.235.